The summed E-state index contributed by atoms with van der Waals surface area (Å²) in [5.41, 5.74) is 1.12. The molecule has 24 heavy (non-hydrogen) atoms. The molecular weight excluding hydrogens is 305 g/mol. The summed E-state index contributed by atoms with van der Waals surface area (Å²) in [6.07, 6.45) is 8.32. The van der Waals surface area contributed by atoms with Crippen molar-refractivity contribution in [3.8, 4) is 0 Å². The number of ether oxygens (including phenoxy) is 1. The van der Waals surface area contributed by atoms with Crippen molar-refractivity contribution in [1.82, 2.24) is 10.6 Å². The first-order valence-electron chi connectivity index (χ1n) is 8.68. The van der Waals surface area contributed by atoms with Crippen LogP contribution in [0.5, 0.6) is 0 Å². The maximum atomic E-state index is 13.3. The van der Waals surface area contributed by atoms with E-state index >= 15 is 0 Å². The van der Waals surface area contributed by atoms with E-state index < -0.39 is 0 Å². The molecule has 0 bridgehead atoms. The van der Waals surface area contributed by atoms with Crippen molar-refractivity contribution >= 4 is 5.96 Å². The lowest BCUT2D eigenvalue weighted by atomic mass is 9.74. The Morgan fingerprint density at radius 1 is 1.21 bits per heavy atom. The summed E-state index contributed by atoms with van der Waals surface area (Å²) < 4.78 is 18.9. The fourth-order valence-corrected chi connectivity index (χ4v) is 3.51. The summed E-state index contributed by atoms with van der Waals surface area (Å²) >= 11 is 0. The maximum Gasteiger partial charge on any atom is 0.191 e. The molecule has 3 rings (SSSR count). The fourth-order valence-electron chi connectivity index (χ4n) is 3.51. The number of halogens is 1. The smallest absolute Gasteiger partial charge is 0.191 e. The average molecular weight is 331 g/mol. The Balaban J connectivity index is 1.68. The van der Waals surface area contributed by atoms with Gasteiger partial charge in [0.2, 0.25) is 0 Å². The zero-order valence-electron chi connectivity index (χ0n) is 14.2. The van der Waals surface area contributed by atoms with Gasteiger partial charge in [-0.3, -0.25) is 4.99 Å². The molecule has 1 aliphatic carbocycles. The van der Waals surface area contributed by atoms with Gasteiger partial charge >= 0.3 is 0 Å². The minimum atomic E-state index is -0.194. The topological polar surface area (TPSA) is 45.7 Å². The fraction of sp³-hybridized carbons (Fsp3) is 0.526. The Kier molecular flexibility index (Phi) is 5.51. The van der Waals surface area contributed by atoms with E-state index in [0.29, 0.717) is 6.04 Å². The minimum Gasteiger partial charge on any atom is -0.381 e. The maximum absolute atomic E-state index is 13.3. The molecule has 0 saturated carbocycles. The molecule has 130 valence electrons. The Bertz CT molecular complexity index is 583. The van der Waals surface area contributed by atoms with Crippen LogP contribution in [0.3, 0.4) is 0 Å². The summed E-state index contributed by atoms with van der Waals surface area (Å²) in [5, 5.41) is 6.95. The lowest BCUT2D eigenvalue weighted by molar-refractivity contribution is 0.0513. The number of guanidine groups is 1. The Morgan fingerprint density at radius 3 is 2.50 bits per heavy atom. The second-order valence-electron chi connectivity index (χ2n) is 6.61. The number of aliphatic imine (C=N–C) groups is 1. The molecule has 0 radical (unpaired) electrons. The van der Waals surface area contributed by atoms with E-state index in [-0.39, 0.29) is 11.2 Å². The lowest BCUT2D eigenvalue weighted by Gasteiger charge is -2.38. The van der Waals surface area contributed by atoms with Crippen molar-refractivity contribution in [2.45, 2.75) is 37.1 Å². The molecule has 1 aliphatic heterocycles. The van der Waals surface area contributed by atoms with Crippen LogP contribution in [0.2, 0.25) is 0 Å². The predicted molar refractivity (Wildman–Crippen MR) is 94.8 cm³/mol. The van der Waals surface area contributed by atoms with Gasteiger partial charge in [0.15, 0.2) is 5.96 Å². The van der Waals surface area contributed by atoms with Crippen LogP contribution in [-0.4, -0.2) is 38.8 Å². The molecule has 5 heteroatoms. The summed E-state index contributed by atoms with van der Waals surface area (Å²) in [6, 6.07) is 7.32. The summed E-state index contributed by atoms with van der Waals surface area (Å²) in [4.78, 5) is 4.35. The van der Waals surface area contributed by atoms with Crippen molar-refractivity contribution in [2.75, 3.05) is 26.8 Å². The summed E-state index contributed by atoms with van der Waals surface area (Å²) in [6.45, 7) is 2.23. The second-order valence-corrected chi connectivity index (χ2v) is 6.61. The number of hydrogen-bond acceptors (Lipinski definition) is 2. The lowest BCUT2D eigenvalue weighted by Crippen LogP contribution is -2.49. The number of nitrogens with zero attached hydrogens (tertiary/aromatic N) is 1. The van der Waals surface area contributed by atoms with Crippen molar-refractivity contribution in [3.05, 3.63) is 47.8 Å². The van der Waals surface area contributed by atoms with E-state index in [1.54, 1.807) is 19.2 Å². The van der Waals surface area contributed by atoms with Crippen molar-refractivity contribution in [2.24, 2.45) is 4.99 Å². The molecule has 0 spiro atoms. The van der Waals surface area contributed by atoms with Gasteiger partial charge in [-0.15, -0.1) is 0 Å². The number of rotatable bonds is 4. The monoisotopic (exact) mass is 331 g/mol. The van der Waals surface area contributed by atoms with Crippen molar-refractivity contribution in [3.63, 3.8) is 0 Å². The van der Waals surface area contributed by atoms with E-state index in [0.717, 1.165) is 57.0 Å². The third-order valence-electron chi connectivity index (χ3n) is 5.07. The third-order valence-corrected chi connectivity index (χ3v) is 5.07. The van der Waals surface area contributed by atoms with Crippen LogP contribution >= 0.6 is 0 Å². The minimum absolute atomic E-state index is 0.0442. The quantitative estimate of drug-likeness (QED) is 0.507. The largest absolute Gasteiger partial charge is 0.381 e. The van der Waals surface area contributed by atoms with Gasteiger partial charge in [-0.1, -0.05) is 24.3 Å². The highest BCUT2D eigenvalue weighted by Gasteiger charge is 2.34. The van der Waals surface area contributed by atoms with Crippen LogP contribution in [0.4, 0.5) is 4.39 Å². The molecule has 0 atom stereocenters. The average Bonchev–Trinajstić information content (AvgIpc) is 3.13. The van der Waals surface area contributed by atoms with Crippen LogP contribution in [-0.2, 0) is 10.2 Å². The molecule has 1 heterocycles. The van der Waals surface area contributed by atoms with Crippen LogP contribution in [0, 0.1) is 5.82 Å². The van der Waals surface area contributed by atoms with Crippen LogP contribution in [0.15, 0.2) is 41.4 Å². The van der Waals surface area contributed by atoms with E-state index in [1.165, 1.54) is 0 Å². The Labute approximate surface area is 143 Å². The van der Waals surface area contributed by atoms with E-state index in [9.17, 15) is 4.39 Å². The van der Waals surface area contributed by atoms with Crippen LogP contribution < -0.4 is 10.6 Å². The van der Waals surface area contributed by atoms with E-state index in [1.807, 2.05) is 12.1 Å². The molecule has 2 aliphatic rings. The standard InChI is InChI=1S/C19H26FN3O/c1-21-18(23-17-4-2-3-5-17)22-14-19(10-12-24-13-11-19)15-6-8-16(20)9-7-15/h2-3,6-9,17H,4-5,10-14H2,1H3,(H2,21,22,23). The molecule has 0 amide bonds. The van der Waals surface area contributed by atoms with Gasteiger partial charge in [0, 0.05) is 38.3 Å². The first-order chi connectivity index (χ1) is 11.7. The molecule has 1 fully saturated rings. The molecule has 0 aromatic heterocycles. The molecule has 0 unspecified atom stereocenters. The predicted octanol–water partition coefficient (Wildman–Crippen LogP) is 2.76. The van der Waals surface area contributed by atoms with Gasteiger partial charge in [0.25, 0.3) is 0 Å². The normalized spacial score (nSPS) is 21.0. The van der Waals surface area contributed by atoms with Crippen LogP contribution in [0.1, 0.15) is 31.2 Å². The van der Waals surface area contributed by atoms with Gasteiger partial charge < -0.3 is 15.4 Å². The zero-order valence-corrected chi connectivity index (χ0v) is 14.2. The molecule has 4 nitrogen and oxygen atoms in total. The Hall–Kier alpha value is -1.88. The molecular formula is C19H26FN3O. The van der Waals surface area contributed by atoms with Gasteiger partial charge in [-0.05, 0) is 43.4 Å². The van der Waals surface area contributed by atoms with Gasteiger partial charge in [-0.25, -0.2) is 4.39 Å². The van der Waals surface area contributed by atoms with E-state index in [4.69, 9.17) is 4.74 Å². The van der Waals surface area contributed by atoms with Crippen molar-refractivity contribution < 1.29 is 9.13 Å². The summed E-state index contributed by atoms with van der Waals surface area (Å²) in [7, 11) is 1.80. The first kappa shape index (κ1) is 17.0. The number of hydrogen-bond donors (Lipinski definition) is 2. The molecule has 1 saturated heterocycles. The highest BCUT2D eigenvalue weighted by atomic mass is 19.1. The SMILES string of the molecule is CN=C(NCC1(c2ccc(F)cc2)CCOCC1)NC1CC=CC1. The van der Waals surface area contributed by atoms with Gasteiger partial charge in [0.1, 0.15) is 5.82 Å². The van der Waals surface area contributed by atoms with E-state index in [2.05, 4.69) is 27.8 Å². The highest BCUT2D eigenvalue weighted by Crippen LogP contribution is 2.34. The van der Waals surface area contributed by atoms with Gasteiger partial charge in [-0.2, -0.15) is 0 Å². The number of nitrogens with one attached hydrogen (secondary N) is 2. The van der Waals surface area contributed by atoms with Crippen molar-refractivity contribution in [1.29, 1.82) is 0 Å². The van der Waals surface area contributed by atoms with Crippen LogP contribution in [0.25, 0.3) is 0 Å². The summed E-state index contributed by atoms with van der Waals surface area (Å²) in [5.74, 6) is 0.636. The first-order valence-corrected chi connectivity index (χ1v) is 8.68. The third kappa shape index (κ3) is 3.96. The highest BCUT2D eigenvalue weighted by molar-refractivity contribution is 5.80. The van der Waals surface area contributed by atoms with Gasteiger partial charge in [0.05, 0.1) is 0 Å². The second kappa shape index (κ2) is 7.79. The number of benzene rings is 1. The molecule has 2 N–H and O–H groups in total. The zero-order chi connectivity index (χ0) is 16.8. The Morgan fingerprint density at radius 2 is 1.88 bits per heavy atom. The molecule has 1 aromatic rings. The molecule has 1 aromatic carbocycles.